The van der Waals surface area contributed by atoms with Gasteiger partial charge in [0.2, 0.25) is 0 Å². The zero-order valence-electron chi connectivity index (χ0n) is 9.45. The first kappa shape index (κ1) is 10.5. The Labute approximate surface area is 91.0 Å². The average Bonchev–Trinajstić information content (AvgIpc) is 2.54. The van der Waals surface area contributed by atoms with E-state index in [1.54, 1.807) is 0 Å². The van der Waals surface area contributed by atoms with Gasteiger partial charge in [-0.2, -0.15) is 0 Å². The van der Waals surface area contributed by atoms with Crippen LogP contribution in [-0.2, 0) is 9.53 Å². The molecule has 0 heterocycles. The lowest BCUT2D eigenvalue weighted by molar-refractivity contribution is -0.149. The molecule has 0 aliphatic heterocycles. The number of rotatable bonds is 1. The van der Waals surface area contributed by atoms with Crippen LogP contribution in [0.4, 0.5) is 0 Å². The fraction of sp³-hybridized carbons (Fsp3) is 0.615. The van der Waals surface area contributed by atoms with E-state index in [-0.39, 0.29) is 17.5 Å². The van der Waals surface area contributed by atoms with Gasteiger partial charge in [0.15, 0.2) is 0 Å². The molecule has 2 rings (SSSR count). The summed E-state index contributed by atoms with van der Waals surface area (Å²) in [6.07, 6.45) is 10.9. The first-order chi connectivity index (χ1) is 7.12. The van der Waals surface area contributed by atoms with Crippen molar-refractivity contribution in [1.82, 2.24) is 0 Å². The topological polar surface area (TPSA) is 26.3 Å². The van der Waals surface area contributed by atoms with Gasteiger partial charge in [-0.05, 0) is 38.7 Å². The zero-order valence-corrected chi connectivity index (χ0v) is 9.45. The smallest absolute Gasteiger partial charge is 0.303 e. The molecule has 2 aliphatic rings. The number of hydrogen-bond acceptors (Lipinski definition) is 2. The second kappa shape index (κ2) is 3.84. The molecule has 2 atom stereocenters. The highest BCUT2D eigenvalue weighted by Crippen LogP contribution is 2.46. The molecule has 0 N–H and O–H groups in total. The van der Waals surface area contributed by atoms with Crippen molar-refractivity contribution in [3.05, 3.63) is 23.8 Å². The number of esters is 1. The molecule has 0 fully saturated rings. The van der Waals surface area contributed by atoms with E-state index >= 15 is 0 Å². The molecule has 0 saturated heterocycles. The first-order valence-electron chi connectivity index (χ1n) is 5.62. The van der Waals surface area contributed by atoms with Crippen molar-refractivity contribution in [1.29, 1.82) is 0 Å². The van der Waals surface area contributed by atoms with E-state index in [0.29, 0.717) is 0 Å². The van der Waals surface area contributed by atoms with Crippen LogP contribution in [0, 0.1) is 5.41 Å². The van der Waals surface area contributed by atoms with Crippen molar-refractivity contribution in [2.45, 2.75) is 45.6 Å². The van der Waals surface area contributed by atoms with Crippen LogP contribution in [-0.4, -0.2) is 12.1 Å². The fourth-order valence-electron chi connectivity index (χ4n) is 2.56. The Bertz CT molecular complexity index is 327. The number of carbonyl (C=O) groups excluding carboxylic acids is 1. The largest absolute Gasteiger partial charge is 0.458 e. The monoisotopic (exact) mass is 206 g/mol. The van der Waals surface area contributed by atoms with Crippen LogP contribution in [0.2, 0.25) is 0 Å². The van der Waals surface area contributed by atoms with Gasteiger partial charge in [-0.1, -0.05) is 17.7 Å². The maximum atomic E-state index is 11.0. The normalized spacial score (nSPS) is 34.3. The van der Waals surface area contributed by atoms with E-state index in [1.807, 2.05) is 0 Å². The molecule has 2 heteroatoms. The summed E-state index contributed by atoms with van der Waals surface area (Å²) in [5.41, 5.74) is 1.64. The quantitative estimate of drug-likeness (QED) is 0.487. The Balaban J connectivity index is 2.11. The summed E-state index contributed by atoms with van der Waals surface area (Å²) in [6.45, 7) is 3.67. The van der Waals surface area contributed by atoms with Gasteiger partial charge in [-0.3, -0.25) is 4.79 Å². The summed E-state index contributed by atoms with van der Waals surface area (Å²) < 4.78 is 5.38. The lowest BCUT2D eigenvalue weighted by atomic mass is 9.72. The maximum absolute atomic E-state index is 11.0. The molecule has 0 aromatic heterocycles. The summed E-state index contributed by atoms with van der Waals surface area (Å²) in [5, 5.41) is 0. The molecule has 2 aliphatic carbocycles. The van der Waals surface area contributed by atoms with Crippen molar-refractivity contribution >= 4 is 5.97 Å². The second-order valence-corrected chi connectivity index (χ2v) is 4.78. The highest BCUT2D eigenvalue weighted by molar-refractivity contribution is 5.66. The Morgan fingerprint density at radius 1 is 1.53 bits per heavy atom. The van der Waals surface area contributed by atoms with Crippen LogP contribution in [0.3, 0.4) is 0 Å². The number of carbonyl (C=O) groups is 1. The molecule has 0 amide bonds. The third-order valence-corrected chi connectivity index (χ3v) is 3.61. The highest BCUT2D eigenvalue weighted by Gasteiger charge is 2.42. The lowest BCUT2D eigenvalue weighted by Gasteiger charge is -2.37. The molecule has 0 aromatic carbocycles. The molecule has 0 saturated carbocycles. The average molecular weight is 206 g/mol. The SMILES string of the molecule is CC(=O)OC1C=CCC12CC=C(C)CC2. The summed E-state index contributed by atoms with van der Waals surface area (Å²) in [6, 6.07) is 0. The van der Waals surface area contributed by atoms with E-state index in [9.17, 15) is 4.79 Å². The zero-order chi connectivity index (χ0) is 10.9. The first-order valence-corrected chi connectivity index (χ1v) is 5.62. The summed E-state index contributed by atoms with van der Waals surface area (Å²) in [4.78, 5) is 11.0. The molecule has 2 nitrogen and oxygen atoms in total. The summed E-state index contributed by atoms with van der Waals surface area (Å²) >= 11 is 0. The van der Waals surface area contributed by atoms with E-state index < -0.39 is 0 Å². The number of ether oxygens (including phenoxy) is 1. The van der Waals surface area contributed by atoms with Gasteiger partial charge in [0.25, 0.3) is 0 Å². The van der Waals surface area contributed by atoms with Crippen molar-refractivity contribution in [3.63, 3.8) is 0 Å². The third-order valence-electron chi connectivity index (χ3n) is 3.61. The molecule has 0 radical (unpaired) electrons. The standard InChI is InChI=1S/C13H18O2/c1-10-5-8-13(9-6-10)7-3-4-12(13)15-11(2)14/h3-5,12H,6-9H2,1-2H3. The Morgan fingerprint density at radius 3 is 2.93 bits per heavy atom. The Morgan fingerprint density at radius 2 is 2.33 bits per heavy atom. The van der Waals surface area contributed by atoms with Crippen LogP contribution in [0.5, 0.6) is 0 Å². The molecule has 1 spiro atoms. The molecule has 2 unspecified atom stereocenters. The molecular weight excluding hydrogens is 188 g/mol. The Hall–Kier alpha value is -1.05. The fourth-order valence-corrected chi connectivity index (χ4v) is 2.56. The predicted molar refractivity (Wildman–Crippen MR) is 59.4 cm³/mol. The van der Waals surface area contributed by atoms with Gasteiger partial charge in [0.1, 0.15) is 6.10 Å². The Kier molecular flexibility index (Phi) is 2.68. The molecule has 0 aromatic rings. The van der Waals surface area contributed by atoms with Gasteiger partial charge >= 0.3 is 5.97 Å². The van der Waals surface area contributed by atoms with Crippen LogP contribution < -0.4 is 0 Å². The van der Waals surface area contributed by atoms with E-state index in [0.717, 1.165) is 25.7 Å². The minimum atomic E-state index is -0.169. The van der Waals surface area contributed by atoms with Gasteiger partial charge in [0, 0.05) is 12.3 Å². The maximum Gasteiger partial charge on any atom is 0.303 e. The van der Waals surface area contributed by atoms with E-state index in [4.69, 9.17) is 4.74 Å². The summed E-state index contributed by atoms with van der Waals surface area (Å²) in [5.74, 6) is -0.169. The minimum Gasteiger partial charge on any atom is -0.458 e. The van der Waals surface area contributed by atoms with Crippen molar-refractivity contribution in [2.24, 2.45) is 5.41 Å². The third kappa shape index (κ3) is 1.99. The second-order valence-electron chi connectivity index (χ2n) is 4.78. The van der Waals surface area contributed by atoms with E-state index in [2.05, 4.69) is 25.2 Å². The van der Waals surface area contributed by atoms with Crippen LogP contribution in [0.15, 0.2) is 23.8 Å². The summed E-state index contributed by atoms with van der Waals surface area (Å²) in [7, 11) is 0. The number of allylic oxidation sites excluding steroid dienone is 3. The van der Waals surface area contributed by atoms with Gasteiger partial charge in [-0.25, -0.2) is 0 Å². The number of hydrogen-bond donors (Lipinski definition) is 0. The van der Waals surface area contributed by atoms with Gasteiger partial charge in [-0.15, -0.1) is 0 Å². The molecule has 15 heavy (non-hydrogen) atoms. The van der Waals surface area contributed by atoms with Gasteiger partial charge < -0.3 is 4.74 Å². The molecule has 82 valence electrons. The predicted octanol–water partition coefficient (Wildman–Crippen LogP) is 2.99. The van der Waals surface area contributed by atoms with Crippen LogP contribution in [0.25, 0.3) is 0 Å². The van der Waals surface area contributed by atoms with Crippen LogP contribution in [0.1, 0.15) is 39.5 Å². The highest BCUT2D eigenvalue weighted by atomic mass is 16.5. The van der Waals surface area contributed by atoms with Crippen LogP contribution >= 0.6 is 0 Å². The van der Waals surface area contributed by atoms with Gasteiger partial charge in [0.05, 0.1) is 0 Å². The minimum absolute atomic E-state index is 0.000602. The van der Waals surface area contributed by atoms with Crippen molar-refractivity contribution < 1.29 is 9.53 Å². The van der Waals surface area contributed by atoms with E-state index in [1.165, 1.54) is 12.5 Å². The van der Waals surface area contributed by atoms with Crippen molar-refractivity contribution in [3.8, 4) is 0 Å². The lowest BCUT2D eigenvalue weighted by Crippen LogP contribution is -2.35. The molecular formula is C13H18O2. The molecule has 0 bridgehead atoms. The van der Waals surface area contributed by atoms with Crippen molar-refractivity contribution in [2.75, 3.05) is 0 Å².